The van der Waals surface area contributed by atoms with E-state index in [2.05, 4.69) is 20.8 Å². The van der Waals surface area contributed by atoms with Crippen molar-refractivity contribution in [3.63, 3.8) is 0 Å². The minimum atomic E-state index is -0.0508. The smallest absolute Gasteiger partial charge is 0.0571 e. The van der Waals surface area contributed by atoms with Crippen LogP contribution in [0.5, 0.6) is 0 Å². The SMILES string of the molecule is CC1CCC(C2CCC(O)C(C3CCCCC3)C2)(C2CCC(O)C(C3CCCCC3)C2)CC1(C)C. The maximum Gasteiger partial charge on any atom is 0.0571 e. The molecule has 0 saturated heterocycles. The third-order valence-corrected chi connectivity index (χ3v) is 13.0. The van der Waals surface area contributed by atoms with Gasteiger partial charge in [-0.3, -0.25) is 0 Å². The molecule has 0 amide bonds. The van der Waals surface area contributed by atoms with Gasteiger partial charge >= 0.3 is 0 Å². The van der Waals surface area contributed by atoms with E-state index >= 15 is 0 Å². The maximum absolute atomic E-state index is 11.2. The van der Waals surface area contributed by atoms with Gasteiger partial charge in [-0.25, -0.2) is 0 Å². The Morgan fingerprint density at radius 1 is 0.571 bits per heavy atom. The Morgan fingerprint density at radius 2 is 1.03 bits per heavy atom. The fraction of sp³-hybridized carbons (Fsp3) is 1.00. The normalized spacial score (nSPS) is 46.4. The summed E-state index contributed by atoms with van der Waals surface area (Å²) in [7, 11) is 0. The van der Waals surface area contributed by atoms with Gasteiger partial charge in [0.1, 0.15) is 0 Å². The van der Waals surface area contributed by atoms with E-state index < -0.39 is 0 Å². The average Bonchev–Trinajstić information content (AvgIpc) is 2.87. The fourth-order valence-electron chi connectivity index (χ4n) is 10.6. The molecule has 35 heavy (non-hydrogen) atoms. The summed E-state index contributed by atoms with van der Waals surface area (Å²) in [6.45, 7) is 7.64. The van der Waals surface area contributed by atoms with Crippen LogP contribution in [0.15, 0.2) is 0 Å². The Morgan fingerprint density at radius 3 is 1.46 bits per heavy atom. The van der Waals surface area contributed by atoms with Crippen molar-refractivity contribution in [2.75, 3.05) is 0 Å². The third-order valence-electron chi connectivity index (χ3n) is 13.0. The zero-order chi connectivity index (χ0) is 24.6. The van der Waals surface area contributed by atoms with Gasteiger partial charge in [-0.2, -0.15) is 0 Å². The molecular weight excluding hydrogens is 428 g/mol. The van der Waals surface area contributed by atoms with Gasteiger partial charge in [-0.15, -0.1) is 0 Å². The zero-order valence-corrected chi connectivity index (χ0v) is 23.5. The zero-order valence-electron chi connectivity index (χ0n) is 23.5. The molecule has 0 aliphatic heterocycles. The Hall–Kier alpha value is -0.0800. The van der Waals surface area contributed by atoms with Crippen LogP contribution in [0.25, 0.3) is 0 Å². The van der Waals surface area contributed by atoms with Gasteiger partial charge < -0.3 is 10.2 Å². The summed E-state index contributed by atoms with van der Waals surface area (Å²) < 4.78 is 0. The average molecular weight is 487 g/mol. The van der Waals surface area contributed by atoms with E-state index in [9.17, 15) is 10.2 Å². The Kier molecular flexibility index (Phi) is 8.30. The second kappa shape index (κ2) is 11.0. The first-order valence-electron chi connectivity index (χ1n) is 16.2. The van der Waals surface area contributed by atoms with Crippen molar-refractivity contribution >= 4 is 0 Å². The molecular formula is C33H58O2. The third kappa shape index (κ3) is 5.41. The van der Waals surface area contributed by atoms with Crippen molar-refractivity contribution in [3.05, 3.63) is 0 Å². The van der Waals surface area contributed by atoms with E-state index in [-0.39, 0.29) is 12.2 Å². The highest BCUT2D eigenvalue weighted by atomic mass is 16.3. The highest BCUT2D eigenvalue weighted by Crippen LogP contribution is 2.63. The summed E-state index contributed by atoms with van der Waals surface area (Å²) in [5.74, 6) is 5.04. The van der Waals surface area contributed by atoms with Crippen molar-refractivity contribution < 1.29 is 10.2 Å². The molecule has 0 aromatic rings. The quantitative estimate of drug-likeness (QED) is 0.418. The lowest BCUT2D eigenvalue weighted by molar-refractivity contribution is -0.121. The molecule has 2 heteroatoms. The van der Waals surface area contributed by atoms with E-state index in [1.54, 1.807) is 0 Å². The largest absolute Gasteiger partial charge is 0.393 e. The Labute approximate surface area is 217 Å². The van der Waals surface area contributed by atoms with Crippen molar-refractivity contribution in [1.29, 1.82) is 0 Å². The second-order valence-electron chi connectivity index (χ2n) is 15.1. The van der Waals surface area contributed by atoms with Crippen LogP contribution < -0.4 is 0 Å². The van der Waals surface area contributed by atoms with Gasteiger partial charge in [0.25, 0.3) is 0 Å². The van der Waals surface area contributed by atoms with Gasteiger partial charge in [0.2, 0.25) is 0 Å². The number of rotatable bonds is 4. The lowest BCUT2D eigenvalue weighted by atomic mass is 9.46. The maximum atomic E-state index is 11.2. The molecule has 0 aromatic heterocycles. The van der Waals surface area contributed by atoms with Gasteiger partial charge in [0.05, 0.1) is 12.2 Å². The highest BCUT2D eigenvalue weighted by Gasteiger charge is 2.55. The molecule has 5 fully saturated rings. The Balaban J connectivity index is 1.41. The van der Waals surface area contributed by atoms with Gasteiger partial charge in [-0.1, -0.05) is 85.0 Å². The Bertz CT molecular complexity index is 631. The highest BCUT2D eigenvalue weighted by molar-refractivity contribution is 5.05. The molecule has 0 heterocycles. The molecule has 0 spiro atoms. The predicted octanol–water partition coefficient (Wildman–Crippen LogP) is 8.53. The molecule has 5 saturated carbocycles. The van der Waals surface area contributed by atoms with Crippen molar-refractivity contribution in [1.82, 2.24) is 0 Å². The van der Waals surface area contributed by atoms with Gasteiger partial charge in [0, 0.05) is 0 Å². The summed E-state index contributed by atoms with van der Waals surface area (Å²) in [4.78, 5) is 0. The van der Waals surface area contributed by atoms with Crippen LogP contribution in [0, 0.1) is 52.3 Å². The van der Waals surface area contributed by atoms with Crippen LogP contribution in [0.3, 0.4) is 0 Å². The van der Waals surface area contributed by atoms with E-state index in [1.165, 1.54) is 109 Å². The summed E-state index contributed by atoms with van der Waals surface area (Å²) in [5, 5.41) is 22.4. The van der Waals surface area contributed by atoms with Crippen molar-refractivity contribution in [2.24, 2.45) is 52.3 Å². The van der Waals surface area contributed by atoms with Crippen LogP contribution in [0.2, 0.25) is 0 Å². The van der Waals surface area contributed by atoms with Crippen molar-refractivity contribution in [3.8, 4) is 0 Å². The molecule has 5 aliphatic rings. The lowest BCUT2D eigenvalue weighted by Crippen LogP contribution is -2.52. The molecule has 7 atom stereocenters. The van der Waals surface area contributed by atoms with E-state index in [4.69, 9.17) is 0 Å². The van der Waals surface area contributed by atoms with E-state index in [1.807, 2.05) is 0 Å². The minimum Gasteiger partial charge on any atom is -0.393 e. The van der Waals surface area contributed by atoms with Crippen LogP contribution in [-0.2, 0) is 0 Å². The number of hydrogen-bond donors (Lipinski definition) is 2. The minimum absolute atomic E-state index is 0.0508. The van der Waals surface area contributed by atoms with Crippen LogP contribution in [0.4, 0.5) is 0 Å². The first-order valence-corrected chi connectivity index (χ1v) is 16.2. The fourth-order valence-corrected chi connectivity index (χ4v) is 10.6. The molecule has 2 N–H and O–H groups in total. The molecule has 7 unspecified atom stereocenters. The molecule has 202 valence electrons. The van der Waals surface area contributed by atoms with E-state index in [0.717, 1.165) is 42.4 Å². The molecule has 5 aliphatic carbocycles. The number of aliphatic hydroxyl groups is 2. The predicted molar refractivity (Wildman–Crippen MR) is 146 cm³/mol. The first kappa shape index (κ1) is 26.5. The topological polar surface area (TPSA) is 40.5 Å². The summed E-state index contributed by atoms with van der Waals surface area (Å²) in [6.07, 6.45) is 25.1. The van der Waals surface area contributed by atoms with E-state index in [0.29, 0.717) is 22.7 Å². The molecule has 5 rings (SSSR count). The monoisotopic (exact) mass is 486 g/mol. The summed E-state index contributed by atoms with van der Waals surface area (Å²) in [6, 6.07) is 0. The summed E-state index contributed by atoms with van der Waals surface area (Å²) >= 11 is 0. The molecule has 0 bridgehead atoms. The second-order valence-corrected chi connectivity index (χ2v) is 15.1. The molecule has 2 nitrogen and oxygen atoms in total. The van der Waals surface area contributed by atoms with Gasteiger partial charge in [-0.05, 0) is 110 Å². The first-order chi connectivity index (χ1) is 16.8. The van der Waals surface area contributed by atoms with Crippen LogP contribution in [0.1, 0.15) is 143 Å². The van der Waals surface area contributed by atoms with Crippen LogP contribution in [-0.4, -0.2) is 22.4 Å². The number of aliphatic hydroxyl groups excluding tert-OH is 2. The molecule has 0 aromatic carbocycles. The van der Waals surface area contributed by atoms with Gasteiger partial charge in [0.15, 0.2) is 0 Å². The lowest BCUT2D eigenvalue weighted by Gasteiger charge is -2.60. The van der Waals surface area contributed by atoms with Crippen LogP contribution >= 0.6 is 0 Å². The summed E-state index contributed by atoms with van der Waals surface area (Å²) in [5.41, 5.74) is 0.848. The van der Waals surface area contributed by atoms with Crippen molar-refractivity contribution in [2.45, 2.75) is 155 Å². The number of hydrogen-bond acceptors (Lipinski definition) is 2. The standard InChI is InChI=1S/C33H58O2/c1-23-18-19-33(22-32(23,2)3,26-14-16-30(34)28(20-26)24-10-6-4-7-11-24)27-15-17-31(35)29(21-27)25-12-8-5-9-13-25/h23-31,34-35H,4-22H2,1-3H3. The molecule has 0 radical (unpaired) electrons.